The monoisotopic (exact) mass is 250 g/mol. The van der Waals surface area contributed by atoms with Crippen LogP contribution in [-0.4, -0.2) is 10.9 Å². The summed E-state index contributed by atoms with van der Waals surface area (Å²) < 4.78 is 0. The highest BCUT2D eigenvalue weighted by Crippen LogP contribution is 2.26. The van der Waals surface area contributed by atoms with E-state index < -0.39 is 0 Å². The van der Waals surface area contributed by atoms with Crippen molar-refractivity contribution in [1.82, 2.24) is 4.98 Å². The number of rotatable bonds is 3. The minimum atomic E-state index is -0.315. The summed E-state index contributed by atoms with van der Waals surface area (Å²) in [6.07, 6.45) is 3.98. The number of aromatic amines is 1. The third-order valence-corrected chi connectivity index (χ3v) is 3.16. The van der Waals surface area contributed by atoms with E-state index in [-0.39, 0.29) is 12.3 Å². The molecule has 1 aromatic heterocycles. The predicted octanol–water partition coefficient (Wildman–Crippen LogP) is 3.21. The van der Waals surface area contributed by atoms with Gasteiger partial charge < -0.3 is 10.7 Å². The van der Waals surface area contributed by atoms with Gasteiger partial charge in [0, 0.05) is 28.2 Å². The molecule has 3 nitrogen and oxygen atoms in total. The van der Waals surface area contributed by atoms with Gasteiger partial charge in [-0.15, -0.1) is 0 Å². The van der Waals surface area contributed by atoms with Gasteiger partial charge in [0.1, 0.15) is 0 Å². The minimum Gasteiger partial charge on any atom is -0.369 e. The van der Waals surface area contributed by atoms with Crippen LogP contribution in [-0.2, 0) is 4.79 Å². The van der Waals surface area contributed by atoms with Crippen LogP contribution in [0, 0.1) is 0 Å². The Morgan fingerprint density at radius 1 is 1.11 bits per heavy atom. The zero-order chi connectivity index (χ0) is 13.2. The number of H-pyrrole nitrogens is 1. The van der Waals surface area contributed by atoms with E-state index >= 15 is 0 Å². The second kappa shape index (κ2) is 4.61. The molecule has 2 aromatic carbocycles. The Kier molecular flexibility index (Phi) is 2.80. The molecule has 3 N–H and O–H groups in total. The van der Waals surface area contributed by atoms with Crippen molar-refractivity contribution < 1.29 is 4.79 Å². The molecule has 3 aromatic rings. The number of benzene rings is 2. The lowest BCUT2D eigenvalue weighted by atomic mass is 10.1. The fourth-order valence-electron chi connectivity index (χ4n) is 2.28. The van der Waals surface area contributed by atoms with Crippen LogP contribution in [0.25, 0.3) is 27.9 Å². The molecule has 0 spiro atoms. The molecule has 19 heavy (non-hydrogen) atoms. The van der Waals surface area contributed by atoms with Crippen molar-refractivity contribution in [3.8, 4) is 0 Å². The summed E-state index contributed by atoms with van der Waals surface area (Å²) in [5.74, 6) is -0.315. The third kappa shape index (κ3) is 2.22. The van der Waals surface area contributed by atoms with Crippen molar-refractivity contribution in [2.45, 2.75) is 6.42 Å². The Hall–Kier alpha value is -2.55. The molecule has 3 heteroatoms. The topological polar surface area (TPSA) is 58.9 Å². The largest absolute Gasteiger partial charge is 0.369 e. The van der Waals surface area contributed by atoms with E-state index in [1.807, 2.05) is 24.3 Å². The fourth-order valence-corrected chi connectivity index (χ4v) is 2.28. The van der Waals surface area contributed by atoms with E-state index in [1.165, 1.54) is 10.8 Å². The molecule has 0 bridgehead atoms. The maximum Gasteiger partial charge on any atom is 0.221 e. The Morgan fingerprint density at radius 3 is 2.74 bits per heavy atom. The zero-order valence-corrected chi connectivity index (χ0v) is 10.4. The highest BCUT2D eigenvalue weighted by Gasteiger charge is 2.03. The van der Waals surface area contributed by atoms with Gasteiger partial charge in [-0.25, -0.2) is 0 Å². The molecule has 0 atom stereocenters. The minimum absolute atomic E-state index is 0.270. The van der Waals surface area contributed by atoms with Crippen molar-refractivity contribution in [2.75, 3.05) is 0 Å². The van der Waals surface area contributed by atoms with Crippen LogP contribution in [0.3, 0.4) is 0 Å². The first-order chi connectivity index (χ1) is 9.24. The van der Waals surface area contributed by atoms with Crippen LogP contribution < -0.4 is 5.73 Å². The van der Waals surface area contributed by atoms with Crippen molar-refractivity contribution in [1.29, 1.82) is 0 Å². The lowest BCUT2D eigenvalue weighted by Gasteiger charge is -1.95. The van der Waals surface area contributed by atoms with E-state index in [9.17, 15) is 4.79 Å². The van der Waals surface area contributed by atoms with E-state index in [1.54, 1.807) is 6.08 Å². The molecule has 0 aliphatic rings. The van der Waals surface area contributed by atoms with Crippen molar-refractivity contribution >= 4 is 33.8 Å². The number of carbonyl (C=O) groups excluding carboxylic acids is 1. The summed E-state index contributed by atoms with van der Waals surface area (Å²) in [4.78, 5) is 14.1. The number of para-hydroxylation sites is 1. The number of hydrogen-bond donors (Lipinski definition) is 2. The quantitative estimate of drug-likeness (QED) is 0.736. The normalized spacial score (nSPS) is 11.6. The van der Waals surface area contributed by atoms with Crippen LogP contribution in [0.15, 0.2) is 48.5 Å². The van der Waals surface area contributed by atoms with E-state index in [0.717, 1.165) is 16.6 Å². The van der Waals surface area contributed by atoms with Gasteiger partial charge in [-0.05, 0) is 23.8 Å². The molecule has 0 saturated heterocycles. The van der Waals surface area contributed by atoms with Gasteiger partial charge in [0.2, 0.25) is 5.91 Å². The van der Waals surface area contributed by atoms with E-state index in [2.05, 4.69) is 29.2 Å². The van der Waals surface area contributed by atoms with Crippen molar-refractivity contribution in [2.24, 2.45) is 5.73 Å². The summed E-state index contributed by atoms with van der Waals surface area (Å²) in [7, 11) is 0. The van der Waals surface area contributed by atoms with Gasteiger partial charge in [0.05, 0.1) is 0 Å². The lowest BCUT2D eigenvalue weighted by molar-refractivity contribution is -0.117. The Balaban J connectivity index is 2.06. The summed E-state index contributed by atoms with van der Waals surface area (Å²) in [5, 5.41) is 2.40. The third-order valence-electron chi connectivity index (χ3n) is 3.16. The Morgan fingerprint density at radius 2 is 1.89 bits per heavy atom. The number of carbonyl (C=O) groups is 1. The number of nitrogens with two attached hydrogens (primary N) is 1. The number of amides is 1. The highest BCUT2D eigenvalue weighted by molar-refractivity contribution is 6.07. The fraction of sp³-hybridized carbons (Fsp3) is 0.0625. The molecule has 0 radical (unpaired) electrons. The standard InChI is InChI=1S/C16H14N2O/c17-16(19)7-3-4-11-8-9-15-13(10-11)12-5-1-2-6-14(12)18-15/h1-6,8-10,18H,7H2,(H2,17,19). The highest BCUT2D eigenvalue weighted by atomic mass is 16.1. The van der Waals surface area contributed by atoms with Crippen molar-refractivity contribution in [3.63, 3.8) is 0 Å². The predicted molar refractivity (Wildman–Crippen MR) is 78.7 cm³/mol. The van der Waals surface area contributed by atoms with Crippen LogP contribution in [0.5, 0.6) is 0 Å². The van der Waals surface area contributed by atoms with E-state index in [0.29, 0.717) is 0 Å². The van der Waals surface area contributed by atoms with Gasteiger partial charge in [-0.2, -0.15) is 0 Å². The van der Waals surface area contributed by atoms with Gasteiger partial charge in [-0.3, -0.25) is 4.79 Å². The van der Waals surface area contributed by atoms with Crippen LogP contribution in [0.2, 0.25) is 0 Å². The molecular weight excluding hydrogens is 236 g/mol. The summed E-state index contributed by atoms with van der Waals surface area (Å²) in [6, 6.07) is 14.4. The molecular formula is C16H14N2O. The number of nitrogens with one attached hydrogen (secondary N) is 1. The first-order valence-electron chi connectivity index (χ1n) is 6.19. The first kappa shape index (κ1) is 11.5. The SMILES string of the molecule is NC(=O)CC=Cc1ccc2[nH]c3ccccc3c2c1. The number of fused-ring (bicyclic) bond motifs is 3. The van der Waals surface area contributed by atoms with Crippen LogP contribution in [0.1, 0.15) is 12.0 Å². The molecule has 0 saturated carbocycles. The molecule has 3 rings (SSSR count). The average Bonchev–Trinajstić information content (AvgIpc) is 2.76. The van der Waals surface area contributed by atoms with Crippen LogP contribution in [0.4, 0.5) is 0 Å². The first-order valence-corrected chi connectivity index (χ1v) is 6.19. The molecule has 0 fully saturated rings. The molecule has 94 valence electrons. The van der Waals surface area contributed by atoms with Gasteiger partial charge in [-0.1, -0.05) is 36.4 Å². The van der Waals surface area contributed by atoms with Gasteiger partial charge >= 0.3 is 0 Å². The summed E-state index contributed by atoms with van der Waals surface area (Å²) in [5.41, 5.74) is 8.43. The maximum atomic E-state index is 10.7. The molecule has 1 heterocycles. The molecule has 0 unspecified atom stereocenters. The number of aromatic nitrogens is 1. The summed E-state index contributed by atoms with van der Waals surface area (Å²) in [6.45, 7) is 0. The number of hydrogen-bond acceptors (Lipinski definition) is 1. The maximum absolute atomic E-state index is 10.7. The Bertz CT molecular complexity index is 784. The van der Waals surface area contributed by atoms with Crippen molar-refractivity contribution in [3.05, 3.63) is 54.1 Å². The smallest absolute Gasteiger partial charge is 0.221 e. The zero-order valence-electron chi connectivity index (χ0n) is 10.4. The van der Waals surface area contributed by atoms with Gasteiger partial charge in [0.25, 0.3) is 0 Å². The van der Waals surface area contributed by atoms with Crippen LogP contribution >= 0.6 is 0 Å². The second-order valence-corrected chi connectivity index (χ2v) is 4.55. The van der Waals surface area contributed by atoms with E-state index in [4.69, 9.17) is 5.73 Å². The molecule has 0 aliphatic carbocycles. The lowest BCUT2D eigenvalue weighted by Crippen LogP contribution is -2.07. The Labute approximate surface area is 110 Å². The summed E-state index contributed by atoms with van der Waals surface area (Å²) >= 11 is 0. The number of primary amides is 1. The van der Waals surface area contributed by atoms with Gasteiger partial charge in [0.15, 0.2) is 0 Å². The second-order valence-electron chi connectivity index (χ2n) is 4.55. The molecule has 1 amide bonds. The molecule has 0 aliphatic heterocycles. The average molecular weight is 250 g/mol.